The van der Waals surface area contributed by atoms with Crippen LogP contribution in [-0.4, -0.2) is 38.3 Å². The normalized spacial score (nSPS) is 17.8. The molecule has 0 aromatic heterocycles. The van der Waals surface area contributed by atoms with Gasteiger partial charge in [-0.05, 0) is 50.6 Å². The lowest BCUT2D eigenvalue weighted by atomic mass is 10.0. The molecule has 1 atom stereocenters. The summed E-state index contributed by atoms with van der Waals surface area (Å²) in [5.74, 6) is 1.59. The highest BCUT2D eigenvalue weighted by Gasteiger charge is 2.22. The Kier molecular flexibility index (Phi) is 5.68. The monoisotopic (exact) mass is 278 g/mol. The second kappa shape index (κ2) is 7.50. The Morgan fingerprint density at radius 3 is 2.55 bits per heavy atom. The van der Waals surface area contributed by atoms with Crippen molar-refractivity contribution in [3.63, 3.8) is 0 Å². The highest BCUT2D eigenvalue weighted by Crippen LogP contribution is 2.32. The largest absolute Gasteiger partial charge is 0.493 e. The minimum Gasteiger partial charge on any atom is -0.493 e. The maximum absolute atomic E-state index is 6.02. The predicted octanol–water partition coefficient (Wildman–Crippen LogP) is 2.58. The fourth-order valence-electron chi connectivity index (χ4n) is 2.89. The van der Waals surface area contributed by atoms with Crippen molar-refractivity contribution in [1.29, 1.82) is 0 Å². The zero-order chi connectivity index (χ0) is 14.4. The van der Waals surface area contributed by atoms with Gasteiger partial charge in [0.25, 0.3) is 0 Å². The van der Waals surface area contributed by atoms with Crippen LogP contribution in [0.15, 0.2) is 18.2 Å². The molecule has 4 nitrogen and oxygen atoms in total. The van der Waals surface area contributed by atoms with Gasteiger partial charge in [-0.25, -0.2) is 0 Å². The van der Waals surface area contributed by atoms with Gasteiger partial charge in [0.05, 0.1) is 13.7 Å². The van der Waals surface area contributed by atoms with Crippen molar-refractivity contribution < 1.29 is 9.47 Å². The lowest BCUT2D eigenvalue weighted by Crippen LogP contribution is -2.37. The maximum Gasteiger partial charge on any atom is 0.161 e. The number of methoxy groups -OCH3 is 1. The van der Waals surface area contributed by atoms with Crippen molar-refractivity contribution in [3.05, 3.63) is 23.8 Å². The molecule has 4 heteroatoms. The summed E-state index contributed by atoms with van der Waals surface area (Å²) in [5.41, 5.74) is 7.24. The molecule has 0 bridgehead atoms. The standard InChI is InChI=1S/C16H26N2O2/c1-3-20-16-11-13(7-8-15(16)19-2)14(12-17)18-9-5-4-6-10-18/h7-8,11,14H,3-6,9-10,12,17H2,1-2H3. The van der Waals surface area contributed by atoms with E-state index >= 15 is 0 Å². The summed E-state index contributed by atoms with van der Waals surface area (Å²) in [7, 11) is 1.67. The first kappa shape index (κ1) is 15.1. The van der Waals surface area contributed by atoms with Gasteiger partial charge >= 0.3 is 0 Å². The van der Waals surface area contributed by atoms with Gasteiger partial charge in [-0.15, -0.1) is 0 Å². The molecule has 1 unspecified atom stereocenters. The molecule has 0 saturated carbocycles. The van der Waals surface area contributed by atoms with Gasteiger partial charge in [0.1, 0.15) is 0 Å². The number of hydrogen-bond acceptors (Lipinski definition) is 4. The maximum atomic E-state index is 6.02. The molecule has 1 fully saturated rings. The summed E-state index contributed by atoms with van der Waals surface area (Å²) in [6, 6.07) is 6.44. The van der Waals surface area contributed by atoms with Crippen LogP contribution in [0.4, 0.5) is 0 Å². The number of piperidine rings is 1. The lowest BCUT2D eigenvalue weighted by Gasteiger charge is -2.34. The van der Waals surface area contributed by atoms with Gasteiger partial charge in [0.15, 0.2) is 11.5 Å². The fraction of sp³-hybridized carbons (Fsp3) is 0.625. The second-order valence-electron chi connectivity index (χ2n) is 5.19. The Morgan fingerprint density at radius 1 is 1.20 bits per heavy atom. The van der Waals surface area contributed by atoms with Crippen LogP contribution in [0.25, 0.3) is 0 Å². The molecule has 1 aromatic rings. The van der Waals surface area contributed by atoms with E-state index in [0.717, 1.165) is 24.6 Å². The smallest absolute Gasteiger partial charge is 0.161 e. The number of nitrogens with zero attached hydrogens (tertiary/aromatic N) is 1. The molecule has 0 radical (unpaired) electrons. The molecule has 1 aromatic carbocycles. The second-order valence-corrected chi connectivity index (χ2v) is 5.19. The van der Waals surface area contributed by atoms with Crippen LogP contribution in [0.5, 0.6) is 11.5 Å². The molecule has 1 aliphatic rings. The Morgan fingerprint density at radius 2 is 1.95 bits per heavy atom. The van der Waals surface area contributed by atoms with E-state index in [9.17, 15) is 0 Å². The summed E-state index contributed by atoms with van der Waals surface area (Å²) in [5, 5.41) is 0. The lowest BCUT2D eigenvalue weighted by molar-refractivity contribution is 0.167. The average molecular weight is 278 g/mol. The van der Waals surface area contributed by atoms with Gasteiger partial charge in [-0.3, -0.25) is 4.90 Å². The number of hydrogen-bond donors (Lipinski definition) is 1. The Labute approximate surface area is 121 Å². The highest BCUT2D eigenvalue weighted by molar-refractivity contribution is 5.44. The molecule has 1 saturated heterocycles. The number of nitrogens with two attached hydrogens (primary N) is 1. The highest BCUT2D eigenvalue weighted by atomic mass is 16.5. The molecule has 0 amide bonds. The Bertz CT molecular complexity index is 417. The van der Waals surface area contributed by atoms with Crippen LogP contribution in [0.3, 0.4) is 0 Å². The van der Waals surface area contributed by atoms with Crippen molar-refractivity contribution in [1.82, 2.24) is 4.90 Å². The zero-order valence-electron chi connectivity index (χ0n) is 12.6. The van der Waals surface area contributed by atoms with E-state index in [1.165, 1.54) is 24.8 Å². The van der Waals surface area contributed by atoms with Crippen LogP contribution in [0.1, 0.15) is 37.8 Å². The summed E-state index contributed by atoms with van der Waals surface area (Å²) in [4.78, 5) is 2.49. The molecule has 20 heavy (non-hydrogen) atoms. The molecular formula is C16H26N2O2. The third-order valence-corrected chi connectivity index (χ3v) is 3.93. The van der Waals surface area contributed by atoms with E-state index in [1.807, 2.05) is 13.0 Å². The molecule has 1 aliphatic heterocycles. The van der Waals surface area contributed by atoms with Crippen molar-refractivity contribution in [3.8, 4) is 11.5 Å². The first-order valence-electron chi connectivity index (χ1n) is 7.55. The first-order valence-corrected chi connectivity index (χ1v) is 7.55. The Hall–Kier alpha value is -1.26. The Balaban J connectivity index is 2.22. The summed E-state index contributed by atoms with van der Waals surface area (Å²) >= 11 is 0. The van der Waals surface area contributed by atoms with Crippen LogP contribution < -0.4 is 15.2 Å². The summed E-state index contributed by atoms with van der Waals surface area (Å²) in [6.07, 6.45) is 3.87. The van der Waals surface area contributed by atoms with Crippen LogP contribution in [0.2, 0.25) is 0 Å². The van der Waals surface area contributed by atoms with Crippen LogP contribution >= 0.6 is 0 Å². The van der Waals surface area contributed by atoms with Gasteiger partial charge in [0.2, 0.25) is 0 Å². The molecular weight excluding hydrogens is 252 g/mol. The zero-order valence-corrected chi connectivity index (χ0v) is 12.6. The minimum atomic E-state index is 0.278. The van der Waals surface area contributed by atoms with E-state index in [4.69, 9.17) is 15.2 Å². The van der Waals surface area contributed by atoms with Crippen LogP contribution in [-0.2, 0) is 0 Å². The van der Waals surface area contributed by atoms with E-state index in [1.54, 1.807) is 7.11 Å². The topological polar surface area (TPSA) is 47.7 Å². The van der Waals surface area contributed by atoms with E-state index in [-0.39, 0.29) is 6.04 Å². The van der Waals surface area contributed by atoms with Crippen LogP contribution in [0, 0.1) is 0 Å². The number of benzene rings is 1. The molecule has 0 spiro atoms. The van der Waals surface area contributed by atoms with Gasteiger partial charge < -0.3 is 15.2 Å². The molecule has 112 valence electrons. The van der Waals surface area contributed by atoms with Gasteiger partial charge in [-0.2, -0.15) is 0 Å². The van der Waals surface area contributed by atoms with Crippen molar-refractivity contribution in [2.24, 2.45) is 5.73 Å². The molecule has 2 rings (SSSR count). The van der Waals surface area contributed by atoms with Crippen molar-refractivity contribution in [2.45, 2.75) is 32.2 Å². The van der Waals surface area contributed by atoms with Gasteiger partial charge in [0, 0.05) is 12.6 Å². The molecule has 2 N–H and O–H groups in total. The van der Waals surface area contributed by atoms with Crippen molar-refractivity contribution in [2.75, 3.05) is 33.4 Å². The van der Waals surface area contributed by atoms with E-state index in [0.29, 0.717) is 13.2 Å². The number of likely N-dealkylation sites (tertiary alicyclic amines) is 1. The van der Waals surface area contributed by atoms with E-state index < -0.39 is 0 Å². The SMILES string of the molecule is CCOc1cc(C(CN)N2CCCCC2)ccc1OC. The molecule has 0 aliphatic carbocycles. The quantitative estimate of drug-likeness (QED) is 0.869. The third-order valence-electron chi connectivity index (χ3n) is 3.93. The van der Waals surface area contributed by atoms with Gasteiger partial charge in [-0.1, -0.05) is 12.5 Å². The minimum absolute atomic E-state index is 0.278. The van der Waals surface area contributed by atoms with Crippen molar-refractivity contribution >= 4 is 0 Å². The predicted molar refractivity (Wildman–Crippen MR) is 81.4 cm³/mol. The summed E-state index contributed by atoms with van der Waals surface area (Å²) < 4.78 is 11.0. The summed E-state index contributed by atoms with van der Waals surface area (Å²) in [6.45, 7) is 5.53. The number of rotatable bonds is 6. The number of ether oxygens (including phenoxy) is 2. The van der Waals surface area contributed by atoms with E-state index in [2.05, 4.69) is 17.0 Å². The fourth-order valence-corrected chi connectivity index (χ4v) is 2.89. The molecule has 1 heterocycles. The average Bonchev–Trinajstić information content (AvgIpc) is 2.50. The third kappa shape index (κ3) is 3.44. The first-order chi connectivity index (χ1) is 9.80.